The van der Waals surface area contributed by atoms with Gasteiger partial charge in [-0.25, -0.2) is 9.37 Å². The standard InChI is InChI=1S/C15H18FN3/c1-10-7-12(9-13(16)8-10)15-17-14(18-19-15)11-5-3-2-4-6-11/h7-9,11H,2-6H2,1H3,(H,17,18,19). The number of aromatic amines is 1. The van der Waals surface area contributed by atoms with Crippen molar-refractivity contribution >= 4 is 0 Å². The number of rotatable bonds is 2. The smallest absolute Gasteiger partial charge is 0.181 e. The van der Waals surface area contributed by atoms with Crippen LogP contribution in [-0.4, -0.2) is 15.2 Å². The van der Waals surface area contributed by atoms with Gasteiger partial charge in [-0.05, 0) is 43.5 Å². The molecule has 2 aromatic rings. The molecule has 1 fully saturated rings. The van der Waals surface area contributed by atoms with Gasteiger partial charge in [0.1, 0.15) is 11.6 Å². The third-order valence-electron chi connectivity index (χ3n) is 3.79. The first kappa shape index (κ1) is 12.3. The van der Waals surface area contributed by atoms with Gasteiger partial charge in [0.15, 0.2) is 5.82 Å². The Balaban J connectivity index is 1.87. The molecule has 0 amide bonds. The number of halogens is 1. The van der Waals surface area contributed by atoms with Crippen LogP contribution in [0.25, 0.3) is 11.4 Å². The van der Waals surface area contributed by atoms with Crippen LogP contribution in [0.2, 0.25) is 0 Å². The van der Waals surface area contributed by atoms with Crippen LogP contribution in [0.5, 0.6) is 0 Å². The average Bonchev–Trinajstić information content (AvgIpc) is 2.88. The number of benzene rings is 1. The number of hydrogen-bond donors (Lipinski definition) is 1. The minimum Gasteiger partial charge on any atom is -0.262 e. The van der Waals surface area contributed by atoms with E-state index >= 15 is 0 Å². The highest BCUT2D eigenvalue weighted by atomic mass is 19.1. The van der Waals surface area contributed by atoms with Crippen LogP contribution in [0.1, 0.15) is 49.4 Å². The highest BCUT2D eigenvalue weighted by Crippen LogP contribution is 2.31. The lowest BCUT2D eigenvalue weighted by Crippen LogP contribution is -2.06. The highest BCUT2D eigenvalue weighted by Gasteiger charge is 2.19. The normalized spacial score (nSPS) is 16.7. The van der Waals surface area contributed by atoms with Crippen LogP contribution in [0.3, 0.4) is 0 Å². The van der Waals surface area contributed by atoms with Crippen molar-refractivity contribution in [1.29, 1.82) is 0 Å². The Morgan fingerprint density at radius 3 is 2.68 bits per heavy atom. The molecule has 1 aromatic carbocycles. The van der Waals surface area contributed by atoms with E-state index in [1.54, 1.807) is 0 Å². The largest absolute Gasteiger partial charge is 0.262 e. The number of aryl methyl sites for hydroxylation is 1. The monoisotopic (exact) mass is 259 g/mol. The predicted octanol–water partition coefficient (Wildman–Crippen LogP) is 3.97. The second-order valence-corrected chi connectivity index (χ2v) is 5.40. The molecule has 1 aromatic heterocycles. The van der Waals surface area contributed by atoms with Crippen LogP contribution >= 0.6 is 0 Å². The first-order valence-corrected chi connectivity index (χ1v) is 6.92. The Hall–Kier alpha value is -1.71. The van der Waals surface area contributed by atoms with Gasteiger partial charge in [-0.3, -0.25) is 5.10 Å². The van der Waals surface area contributed by atoms with Crippen molar-refractivity contribution in [2.75, 3.05) is 0 Å². The van der Waals surface area contributed by atoms with Gasteiger partial charge in [-0.2, -0.15) is 5.10 Å². The quantitative estimate of drug-likeness (QED) is 0.886. The summed E-state index contributed by atoms with van der Waals surface area (Å²) >= 11 is 0. The van der Waals surface area contributed by atoms with Gasteiger partial charge in [-0.1, -0.05) is 19.3 Å². The minimum atomic E-state index is -0.237. The summed E-state index contributed by atoms with van der Waals surface area (Å²) in [5.41, 5.74) is 1.63. The van der Waals surface area contributed by atoms with E-state index in [-0.39, 0.29) is 5.82 Å². The summed E-state index contributed by atoms with van der Waals surface area (Å²) in [6.07, 6.45) is 6.20. The Morgan fingerprint density at radius 1 is 1.16 bits per heavy atom. The Labute approximate surface area is 112 Å². The number of nitrogens with zero attached hydrogens (tertiary/aromatic N) is 2. The summed E-state index contributed by atoms with van der Waals surface area (Å²) < 4.78 is 13.4. The molecule has 4 heteroatoms. The predicted molar refractivity (Wildman–Crippen MR) is 72.3 cm³/mol. The van der Waals surface area contributed by atoms with Gasteiger partial charge in [-0.15, -0.1) is 0 Å². The molecule has 1 aliphatic rings. The van der Waals surface area contributed by atoms with Crippen LogP contribution in [0, 0.1) is 12.7 Å². The van der Waals surface area contributed by atoms with Crippen molar-refractivity contribution in [3.05, 3.63) is 35.4 Å². The summed E-state index contributed by atoms with van der Waals surface area (Å²) in [5, 5.41) is 7.27. The maximum absolute atomic E-state index is 13.4. The third kappa shape index (κ3) is 2.67. The van der Waals surface area contributed by atoms with Gasteiger partial charge in [0.25, 0.3) is 0 Å². The summed E-state index contributed by atoms with van der Waals surface area (Å²) in [6.45, 7) is 1.88. The fraction of sp³-hybridized carbons (Fsp3) is 0.467. The van der Waals surface area contributed by atoms with Crippen LogP contribution in [-0.2, 0) is 0 Å². The van der Waals surface area contributed by atoms with E-state index in [0.29, 0.717) is 11.7 Å². The van der Waals surface area contributed by atoms with Crippen LogP contribution < -0.4 is 0 Å². The molecule has 0 radical (unpaired) electrons. The first-order valence-electron chi connectivity index (χ1n) is 6.92. The number of H-pyrrole nitrogens is 1. The van der Waals surface area contributed by atoms with E-state index in [1.165, 1.54) is 44.2 Å². The summed E-state index contributed by atoms with van der Waals surface area (Å²) in [5.74, 6) is 1.81. The van der Waals surface area contributed by atoms with Crippen LogP contribution in [0.4, 0.5) is 4.39 Å². The van der Waals surface area contributed by atoms with Gasteiger partial charge < -0.3 is 0 Å². The Bertz CT molecular complexity index is 550. The lowest BCUT2D eigenvalue weighted by Gasteiger charge is -2.18. The molecule has 0 unspecified atom stereocenters. The maximum Gasteiger partial charge on any atom is 0.181 e. The van der Waals surface area contributed by atoms with Crippen molar-refractivity contribution in [3.8, 4) is 11.4 Å². The van der Waals surface area contributed by atoms with E-state index in [9.17, 15) is 4.39 Å². The molecule has 1 saturated carbocycles. The zero-order chi connectivity index (χ0) is 13.2. The van der Waals surface area contributed by atoms with E-state index in [2.05, 4.69) is 15.2 Å². The van der Waals surface area contributed by atoms with Crippen molar-refractivity contribution in [2.24, 2.45) is 0 Å². The average molecular weight is 259 g/mol. The Kier molecular flexibility index (Phi) is 3.32. The molecule has 1 heterocycles. The molecule has 100 valence electrons. The summed E-state index contributed by atoms with van der Waals surface area (Å²) in [7, 11) is 0. The van der Waals surface area contributed by atoms with Gasteiger partial charge in [0.05, 0.1) is 0 Å². The number of nitrogens with one attached hydrogen (secondary N) is 1. The molecule has 3 nitrogen and oxygen atoms in total. The third-order valence-corrected chi connectivity index (χ3v) is 3.79. The highest BCUT2D eigenvalue weighted by molar-refractivity contribution is 5.55. The number of aromatic nitrogens is 3. The molecular weight excluding hydrogens is 241 g/mol. The van der Waals surface area contributed by atoms with Crippen molar-refractivity contribution < 1.29 is 4.39 Å². The topological polar surface area (TPSA) is 41.6 Å². The second kappa shape index (κ2) is 5.11. The zero-order valence-electron chi connectivity index (χ0n) is 11.1. The van der Waals surface area contributed by atoms with E-state index in [0.717, 1.165) is 17.0 Å². The lowest BCUT2D eigenvalue weighted by molar-refractivity contribution is 0.429. The molecule has 1 aliphatic carbocycles. The molecule has 0 saturated heterocycles. The summed E-state index contributed by atoms with van der Waals surface area (Å²) in [6, 6.07) is 4.91. The van der Waals surface area contributed by atoms with Crippen molar-refractivity contribution in [1.82, 2.24) is 15.2 Å². The molecule has 0 aliphatic heterocycles. The molecule has 3 rings (SSSR count). The fourth-order valence-corrected chi connectivity index (χ4v) is 2.83. The van der Waals surface area contributed by atoms with Crippen LogP contribution in [0.15, 0.2) is 18.2 Å². The van der Waals surface area contributed by atoms with E-state index in [1.807, 2.05) is 13.0 Å². The zero-order valence-corrected chi connectivity index (χ0v) is 11.1. The van der Waals surface area contributed by atoms with E-state index < -0.39 is 0 Å². The lowest BCUT2D eigenvalue weighted by atomic mass is 9.89. The molecule has 0 atom stereocenters. The van der Waals surface area contributed by atoms with Crippen molar-refractivity contribution in [2.45, 2.75) is 44.9 Å². The summed E-state index contributed by atoms with van der Waals surface area (Å²) in [4.78, 5) is 4.55. The van der Waals surface area contributed by atoms with Crippen molar-refractivity contribution in [3.63, 3.8) is 0 Å². The Morgan fingerprint density at radius 2 is 1.95 bits per heavy atom. The maximum atomic E-state index is 13.4. The molecule has 0 bridgehead atoms. The fourth-order valence-electron chi connectivity index (χ4n) is 2.83. The van der Waals surface area contributed by atoms with Gasteiger partial charge in [0, 0.05) is 11.5 Å². The van der Waals surface area contributed by atoms with E-state index in [4.69, 9.17) is 0 Å². The number of hydrogen-bond acceptors (Lipinski definition) is 2. The minimum absolute atomic E-state index is 0.237. The first-order chi connectivity index (χ1) is 9.22. The van der Waals surface area contributed by atoms with Gasteiger partial charge >= 0.3 is 0 Å². The second-order valence-electron chi connectivity index (χ2n) is 5.40. The molecule has 1 N–H and O–H groups in total. The SMILES string of the molecule is Cc1cc(F)cc(-c2n[nH]c(C3CCCCC3)n2)c1. The molecule has 0 spiro atoms. The molecule has 19 heavy (non-hydrogen) atoms. The van der Waals surface area contributed by atoms with Gasteiger partial charge in [0.2, 0.25) is 0 Å². The molecular formula is C15H18FN3.